The largest absolute Gasteiger partial charge is 0.507 e. The molecule has 0 radical (unpaired) electrons. The first-order valence-electron chi connectivity index (χ1n) is 11.5. The van der Waals surface area contributed by atoms with Gasteiger partial charge in [-0.2, -0.15) is 0 Å². The lowest BCUT2D eigenvalue weighted by molar-refractivity contribution is 0.0333. The number of thiophene rings is 1. The van der Waals surface area contributed by atoms with E-state index in [1.54, 1.807) is 24.5 Å². The Morgan fingerprint density at radius 2 is 1.78 bits per heavy atom. The Kier molecular flexibility index (Phi) is 9.36. The third-order valence-electron chi connectivity index (χ3n) is 5.77. The van der Waals surface area contributed by atoms with Gasteiger partial charge in [-0.15, -0.1) is 23.7 Å². The molecule has 0 amide bonds. The molecule has 1 aliphatic heterocycles. The SMILES string of the molecule is COc1cc(O)c(-c2cc3ccccc3s2)cc1Oc1ccc(SOCCN2CCOCC2)cc1.Cl. The van der Waals surface area contributed by atoms with Gasteiger partial charge in [0.25, 0.3) is 0 Å². The Labute approximate surface area is 225 Å². The lowest BCUT2D eigenvalue weighted by Crippen LogP contribution is -2.38. The number of rotatable bonds is 9. The Hall–Kier alpha value is -2.46. The summed E-state index contributed by atoms with van der Waals surface area (Å²) in [4.78, 5) is 4.32. The number of methoxy groups -OCH3 is 1. The highest BCUT2D eigenvalue weighted by molar-refractivity contribution is 7.94. The van der Waals surface area contributed by atoms with E-state index in [-0.39, 0.29) is 18.2 Å². The predicted octanol–water partition coefficient (Wildman–Crippen LogP) is 6.85. The van der Waals surface area contributed by atoms with Crippen LogP contribution < -0.4 is 9.47 Å². The number of hydrogen-bond donors (Lipinski definition) is 1. The minimum absolute atomic E-state index is 0. The van der Waals surface area contributed by atoms with Gasteiger partial charge in [0.1, 0.15) is 11.5 Å². The summed E-state index contributed by atoms with van der Waals surface area (Å²) in [5.41, 5.74) is 0.711. The molecule has 6 nitrogen and oxygen atoms in total. The molecule has 5 rings (SSSR count). The molecule has 0 bridgehead atoms. The quantitative estimate of drug-likeness (QED) is 0.182. The number of benzene rings is 3. The molecule has 2 heterocycles. The fourth-order valence-corrected chi connectivity index (χ4v) is 5.52. The van der Waals surface area contributed by atoms with Gasteiger partial charge in [0.15, 0.2) is 11.5 Å². The Morgan fingerprint density at radius 3 is 2.53 bits per heavy atom. The van der Waals surface area contributed by atoms with Gasteiger partial charge < -0.3 is 23.5 Å². The summed E-state index contributed by atoms with van der Waals surface area (Å²) >= 11 is 3.00. The molecule has 9 heteroatoms. The number of phenolic OH excluding ortho intramolecular Hbond substituents is 1. The average Bonchev–Trinajstić information content (AvgIpc) is 3.33. The number of hydrogen-bond acceptors (Lipinski definition) is 8. The molecule has 3 aromatic carbocycles. The molecule has 0 atom stereocenters. The van der Waals surface area contributed by atoms with Crippen LogP contribution in [0.4, 0.5) is 0 Å². The fraction of sp³-hybridized carbons (Fsp3) is 0.259. The van der Waals surface area contributed by atoms with E-state index in [9.17, 15) is 5.11 Å². The van der Waals surface area contributed by atoms with Gasteiger partial charge in [-0.05, 0) is 47.9 Å². The summed E-state index contributed by atoms with van der Waals surface area (Å²) < 4.78 is 23.9. The second-order valence-electron chi connectivity index (χ2n) is 8.10. The zero-order chi connectivity index (χ0) is 24.0. The first kappa shape index (κ1) is 26.6. The number of halogens is 1. The lowest BCUT2D eigenvalue weighted by atomic mass is 10.1. The van der Waals surface area contributed by atoms with Crippen LogP contribution in [-0.2, 0) is 8.92 Å². The molecular formula is C27H28ClNO5S2. The van der Waals surface area contributed by atoms with Crippen molar-refractivity contribution in [1.82, 2.24) is 4.90 Å². The number of aromatic hydroxyl groups is 1. The number of fused-ring (bicyclic) bond motifs is 1. The standard InChI is InChI=1S/C27H27NO5S2.ClH/c1-30-24-18-23(29)22(27-16-19-4-2-3-5-26(19)34-27)17-25(24)33-20-6-8-21(9-7-20)35-32-15-12-28-10-13-31-14-11-28;/h2-9,16-18,29H,10-15H2,1H3;1H. The van der Waals surface area contributed by atoms with E-state index in [2.05, 4.69) is 23.1 Å². The first-order valence-corrected chi connectivity index (χ1v) is 13.0. The van der Waals surface area contributed by atoms with Crippen molar-refractivity contribution in [3.63, 3.8) is 0 Å². The fourth-order valence-electron chi connectivity index (χ4n) is 3.89. The summed E-state index contributed by atoms with van der Waals surface area (Å²) in [6.07, 6.45) is 0. The summed E-state index contributed by atoms with van der Waals surface area (Å²) in [6.45, 7) is 5.09. The van der Waals surface area contributed by atoms with Crippen molar-refractivity contribution in [1.29, 1.82) is 0 Å². The van der Waals surface area contributed by atoms with E-state index >= 15 is 0 Å². The summed E-state index contributed by atoms with van der Waals surface area (Å²) in [5.74, 6) is 1.84. The van der Waals surface area contributed by atoms with Crippen molar-refractivity contribution in [3.8, 4) is 33.4 Å². The Morgan fingerprint density at radius 1 is 1.00 bits per heavy atom. The molecular weight excluding hydrogens is 518 g/mol. The second kappa shape index (κ2) is 12.7. The monoisotopic (exact) mass is 545 g/mol. The predicted molar refractivity (Wildman–Crippen MR) is 148 cm³/mol. The maximum Gasteiger partial charge on any atom is 0.170 e. The Balaban J connectivity index is 0.00000304. The maximum absolute atomic E-state index is 10.7. The van der Waals surface area contributed by atoms with Crippen LogP contribution in [0.3, 0.4) is 0 Å². The molecule has 0 unspecified atom stereocenters. The van der Waals surface area contributed by atoms with Gasteiger partial charge in [0.05, 0.1) is 26.9 Å². The molecule has 0 saturated carbocycles. The summed E-state index contributed by atoms with van der Waals surface area (Å²) in [6, 6.07) is 21.4. The smallest absolute Gasteiger partial charge is 0.170 e. The molecule has 1 saturated heterocycles. The molecule has 1 aromatic heterocycles. The van der Waals surface area contributed by atoms with Crippen molar-refractivity contribution in [2.45, 2.75) is 4.90 Å². The third-order valence-corrected chi connectivity index (χ3v) is 7.67. The average molecular weight is 546 g/mol. The van der Waals surface area contributed by atoms with Crippen LogP contribution in [0.25, 0.3) is 20.5 Å². The highest BCUT2D eigenvalue weighted by Gasteiger charge is 2.16. The van der Waals surface area contributed by atoms with Crippen molar-refractivity contribution in [2.24, 2.45) is 0 Å². The van der Waals surface area contributed by atoms with E-state index in [0.717, 1.165) is 48.0 Å². The summed E-state index contributed by atoms with van der Waals surface area (Å²) in [7, 11) is 1.56. The molecule has 0 spiro atoms. The number of morpholine rings is 1. The van der Waals surface area contributed by atoms with Gasteiger partial charge in [0, 0.05) is 57.8 Å². The minimum Gasteiger partial charge on any atom is -0.507 e. The van der Waals surface area contributed by atoms with Gasteiger partial charge in [-0.25, -0.2) is 0 Å². The van der Waals surface area contributed by atoms with Gasteiger partial charge in [-0.1, -0.05) is 18.2 Å². The highest BCUT2D eigenvalue weighted by atomic mass is 35.5. The molecule has 1 fully saturated rings. The number of phenols is 1. The van der Waals surface area contributed by atoms with Crippen LogP contribution in [0.15, 0.2) is 71.6 Å². The van der Waals surface area contributed by atoms with Crippen LogP contribution >= 0.6 is 35.8 Å². The van der Waals surface area contributed by atoms with Crippen LogP contribution in [0.5, 0.6) is 23.0 Å². The van der Waals surface area contributed by atoms with Crippen LogP contribution in [0.2, 0.25) is 0 Å². The van der Waals surface area contributed by atoms with Gasteiger partial charge in [0.2, 0.25) is 0 Å². The molecule has 0 aliphatic carbocycles. The van der Waals surface area contributed by atoms with Crippen LogP contribution in [-0.4, -0.2) is 56.6 Å². The zero-order valence-corrected chi connectivity index (χ0v) is 22.3. The summed E-state index contributed by atoms with van der Waals surface area (Å²) in [5, 5.41) is 11.8. The molecule has 190 valence electrons. The number of nitrogens with zero attached hydrogens (tertiary/aromatic N) is 1. The molecule has 1 N–H and O–H groups in total. The molecule has 1 aliphatic rings. The van der Waals surface area contributed by atoms with Crippen LogP contribution in [0, 0.1) is 0 Å². The molecule has 4 aromatic rings. The van der Waals surface area contributed by atoms with Crippen molar-refractivity contribution < 1.29 is 23.5 Å². The Bertz CT molecular complexity index is 1240. The van der Waals surface area contributed by atoms with Crippen molar-refractivity contribution in [3.05, 3.63) is 66.7 Å². The van der Waals surface area contributed by atoms with Crippen molar-refractivity contribution in [2.75, 3.05) is 46.6 Å². The van der Waals surface area contributed by atoms with Crippen LogP contribution in [0.1, 0.15) is 0 Å². The normalized spacial score (nSPS) is 13.9. The van der Waals surface area contributed by atoms with E-state index in [1.165, 1.54) is 16.7 Å². The molecule has 36 heavy (non-hydrogen) atoms. The van der Waals surface area contributed by atoms with Gasteiger partial charge in [-0.3, -0.25) is 4.90 Å². The van der Waals surface area contributed by atoms with E-state index < -0.39 is 0 Å². The van der Waals surface area contributed by atoms with E-state index in [0.29, 0.717) is 29.4 Å². The lowest BCUT2D eigenvalue weighted by Gasteiger charge is -2.26. The van der Waals surface area contributed by atoms with Crippen molar-refractivity contribution >= 4 is 45.9 Å². The highest BCUT2D eigenvalue weighted by Crippen LogP contribution is 2.44. The third kappa shape index (κ3) is 6.45. The second-order valence-corrected chi connectivity index (χ2v) is 10.1. The topological polar surface area (TPSA) is 60.4 Å². The maximum atomic E-state index is 10.7. The van der Waals surface area contributed by atoms with Gasteiger partial charge >= 0.3 is 0 Å². The first-order chi connectivity index (χ1) is 17.2. The van der Waals surface area contributed by atoms with E-state index in [4.69, 9.17) is 18.4 Å². The van der Waals surface area contributed by atoms with E-state index in [1.807, 2.05) is 42.5 Å². The number of ether oxygens (including phenoxy) is 3. The minimum atomic E-state index is 0. The zero-order valence-electron chi connectivity index (χ0n) is 19.8.